The van der Waals surface area contributed by atoms with Crippen molar-refractivity contribution in [1.82, 2.24) is 4.90 Å². The monoisotopic (exact) mass is 324 g/mol. The lowest BCUT2D eigenvalue weighted by atomic mass is 10.1. The molecule has 3 nitrogen and oxygen atoms in total. The molecule has 0 aromatic heterocycles. The van der Waals surface area contributed by atoms with E-state index in [0.717, 1.165) is 22.3 Å². The van der Waals surface area contributed by atoms with E-state index in [9.17, 15) is 4.79 Å². The van der Waals surface area contributed by atoms with Crippen molar-refractivity contribution in [2.75, 3.05) is 32.1 Å². The van der Waals surface area contributed by atoms with Crippen LogP contribution in [0.4, 0.5) is 5.69 Å². The van der Waals surface area contributed by atoms with Crippen LogP contribution < -0.4 is 4.90 Å². The molecule has 1 heterocycles. The molecule has 0 aliphatic carbocycles. The van der Waals surface area contributed by atoms with Gasteiger partial charge in [0.2, 0.25) is 0 Å². The Labute approximate surface area is 123 Å². The molecule has 1 atom stereocenters. The Kier molecular flexibility index (Phi) is 4.63. The molecule has 1 unspecified atom stereocenters. The molecule has 19 heavy (non-hydrogen) atoms. The molecule has 1 aromatic rings. The molecular weight excluding hydrogens is 304 g/mol. The molecule has 4 heteroatoms. The summed E-state index contributed by atoms with van der Waals surface area (Å²) in [7, 11) is 4.31. The lowest BCUT2D eigenvalue weighted by molar-refractivity contribution is 0.101. The number of carbonyl (C=O) groups excluding carboxylic acids is 1. The van der Waals surface area contributed by atoms with Crippen molar-refractivity contribution in [1.29, 1.82) is 0 Å². The summed E-state index contributed by atoms with van der Waals surface area (Å²) in [6, 6.07) is 6.59. The molecule has 0 N–H and O–H groups in total. The number of likely N-dealkylation sites (tertiary alicyclic amines) is 1. The van der Waals surface area contributed by atoms with Gasteiger partial charge in [0.15, 0.2) is 5.78 Å². The van der Waals surface area contributed by atoms with Gasteiger partial charge in [0.05, 0.1) is 0 Å². The number of Topliss-reactive ketones (excluding diaryl/α,β-unsaturated/α-hetero) is 1. The maximum atomic E-state index is 11.4. The second kappa shape index (κ2) is 6.06. The highest BCUT2D eigenvalue weighted by molar-refractivity contribution is 9.10. The smallest absolute Gasteiger partial charge is 0.160 e. The van der Waals surface area contributed by atoms with Gasteiger partial charge in [-0.05, 0) is 67.5 Å². The van der Waals surface area contributed by atoms with Gasteiger partial charge in [0.1, 0.15) is 0 Å². The third kappa shape index (κ3) is 3.37. The van der Waals surface area contributed by atoms with Crippen LogP contribution in [0.5, 0.6) is 0 Å². The molecule has 1 aliphatic rings. The quantitative estimate of drug-likeness (QED) is 0.795. The van der Waals surface area contributed by atoms with E-state index >= 15 is 0 Å². The van der Waals surface area contributed by atoms with Crippen LogP contribution in [0, 0.1) is 0 Å². The zero-order valence-electron chi connectivity index (χ0n) is 11.8. The summed E-state index contributed by atoms with van der Waals surface area (Å²) in [6.07, 6.45) is 2.56. The number of hydrogen-bond acceptors (Lipinski definition) is 3. The third-order valence-corrected chi connectivity index (χ3v) is 4.58. The molecular formula is C15H21BrN2O. The van der Waals surface area contributed by atoms with Crippen molar-refractivity contribution in [3.63, 3.8) is 0 Å². The van der Waals surface area contributed by atoms with E-state index in [0.29, 0.717) is 6.04 Å². The zero-order chi connectivity index (χ0) is 14.0. The van der Waals surface area contributed by atoms with Crippen molar-refractivity contribution in [2.24, 2.45) is 0 Å². The minimum atomic E-state index is 0.0941. The SMILES string of the molecule is CC(=O)c1ccc(N(C)CC2CCCN2C)cc1Br. The highest BCUT2D eigenvalue weighted by Gasteiger charge is 2.22. The van der Waals surface area contributed by atoms with Crippen LogP contribution >= 0.6 is 15.9 Å². The largest absolute Gasteiger partial charge is 0.373 e. The highest BCUT2D eigenvalue weighted by Crippen LogP contribution is 2.25. The molecule has 0 amide bonds. The van der Waals surface area contributed by atoms with E-state index in [1.54, 1.807) is 6.92 Å². The number of ketones is 1. The maximum absolute atomic E-state index is 11.4. The van der Waals surface area contributed by atoms with Gasteiger partial charge in [-0.1, -0.05) is 0 Å². The summed E-state index contributed by atoms with van der Waals surface area (Å²) >= 11 is 3.48. The first-order chi connectivity index (χ1) is 8.99. The molecule has 2 rings (SSSR count). The summed E-state index contributed by atoms with van der Waals surface area (Å²) in [5.41, 5.74) is 1.90. The number of benzene rings is 1. The third-order valence-electron chi connectivity index (χ3n) is 3.93. The number of halogens is 1. The number of hydrogen-bond donors (Lipinski definition) is 0. The Bertz CT molecular complexity index is 475. The number of nitrogens with zero attached hydrogens (tertiary/aromatic N) is 2. The van der Waals surface area contributed by atoms with E-state index in [1.165, 1.54) is 19.4 Å². The van der Waals surface area contributed by atoms with Crippen molar-refractivity contribution < 1.29 is 4.79 Å². The van der Waals surface area contributed by atoms with Crippen molar-refractivity contribution >= 4 is 27.4 Å². The summed E-state index contributed by atoms with van der Waals surface area (Å²) in [6.45, 7) is 3.82. The normalized spacial score (nSPS) is 19.7. The van der Waals surface area contributed by atoms with E-state index in [1.807, 2.05) is 18.2 Å². The van der Waals surface area contributed by atoms with Crippen molar-refractivity contribution in [3.05, 3.63) is 28.2 Å². The van der Waals surface area contributed by atoms with Crippen LogP contribution in [-0.2, 0) is 0 Å². The molecule has 1 fully saturated rings. The number of carbonyl (C=O) groups is 1. The molecule has 0 spiro atoms. The number of rotatable bonds is 4. The van der Waals surface area contributed by atoms with Gasteiger partial charge in [-0.15, -0.1) is 0 Å². The average Bonchev–Trinajstić information content (AvgIpc) is 2.74. The van der Waals surface area contributed by atoms with E-state index in [2.05, 4.69) is 39.8 Å². The predicted octanol–water partition coefficient (Wildman–Crippen LogP) is 3.18. The molecule has 1 aliphatic heterocycles. The van der Waals surface area contributed by atoms with Gasteiger partial charge >= 0.3 is 0 Å². The van der Waals surface area contributed by atoms with Gasteiger partial charge < -0.3 is 9.80 Å². The molecule has 0 radical (unpaired) electrons. The molecule has 0 bridgehead atoms. The maximum Gasteiger partial charge on any atom is 0.160 e. The van der Waals surface area contributed by atoms with Crippen LogP contribution in [0.1, 0.15) is 30.1 Å². The van der Waals surface area contributed by atoms with Gasteiger partial charge in [-0.25, -0.2) is 0 Å². The van der Waals surface area contributed by atoms with Crippen molar-refractivity contribution in [2.45, 2.75) is 25.8 Å². The van der Waals surface area contributed by atoms with E-state index < -0.39 is 0 Å². The van der Waals surface area contributed by atoms with Crippen LogP contribution in [-0.4, -0.2) is 43.9 Å². The lowest BCUT2D eigenvalue weighted by Gasteiger charge is -2.27. The second-order valence-electron chi connectivity index (χ2n) is 5.38. The van der Waals surface area contributed by atoms with Crippen molar-refractivity contribution in [3.8, 4) is 0 Å². The van der Waals surface area contributed by atoms with Crippen LogP contribution in [0.25, 0.3) is 0 Å². The Morgan fingerprint density at radius 2 is 2.26 bits per heavy atom. The Balaban J connectivity index is 2.09. The summed E-state index contributed by atoms with van der Waals surface area (Å²) < 4.78 is 0.879. The first-order valence-electron chi connectivity index (χ1n) is 6.71. The Morgan fingerprint density at radius 1 is 1.53 bits per heavy atom. The average molecular weight is 325 g/mol. The van der Waals surface area contributed by atoms with Crippen LogP contribution in [0.2, 0.25) is 0 Å². The standard InChI is InChI=1S/C15H21BrN2O/c1-11(19)14-7-6-12(9-15(14)16)18(3)10-13-5-4-8-17(13)2/h6-7,9,13H,4-5,8,10H2,1-3H3. The predicted molar refractivity (Wildman–Crippen MR) is 83.1 cm³/mol. The van der Waals surface area contributed by atoms with E-state index in [-0.39, 0.29) is 5.78 Å². The summed E-state index contributed by atoms with van der Waals surface area (Å²) in [4.78, 5) is 16.1. The van der Waals surface area contributed by atoms with Crippen LogP contribution in [0.3, 0.4) is 0 Å². The fourth-order valence-corrected chi connectivity index (χ4v) is 3.30. The van der Waals surface area contributed by atoms with E-state index in [4.69, 9.17) is 0 Å². The highest BCUT2D eigenvalue weighted by atomic mass is 79.9. The molecule has 0 saturated carbocycles. The number of anilines is 1. The zero-order valence-corrected chi connectivity index (χ0v) is 13.4. The fourth-order valence-electron chi connectivity index (χ4n) is 2.66. The van der Waals surface area contributed by atoms with Gasteiger partial charge in [0, 0.05) is 35.4 Å². The minimum absolute atomic E-state index is 0.0941. The van der Waals surface area contributed by atoms with Gasteiger partial charge in [-0.2, -0.15) is 0 Å². The second-order valence-corrected chi connectivity index (χ2v) is 6.23. The Hall–Kier alpha value is -0.870. The first-order valence-corrected chi connectivity index (χ1v) is 7.50. The number of likely N-dealkylation sites (N-methyl/N-ethyl adjacent to an activating group) is 2. The Morgan fingerprint density at radius 3 is 2.79 bits per heavy atom. The summed E-state index contributed by atoms with van der Waals surface area (Å²) in [5, 5.41) is 0. The molecule has 104 valence electrons. The van der Waals surface area contributed by atoms with Gasteiger partial charge in [-0.3, -0.25) is 4.79 Å². The van der Waals surface area contributed by atoms with Crippen LogP contribution in [0.15, 0.2) is 22.7 Å². The molecule has 1 saturated heterocycles. The molecule has 1 aromatic carbocycles. The lowest BCUT2D eigenvalue weighted by Crippen LogP contribution is -2.36. The van der Waals surface area contributed by atoms with Gasteiger partial charge in [0.25, 0.3) is 0 Å². The topological polar surface area (TPSA) is 23.6 Å². The summed E-state index contributed by atoms with van der Waals surface area (Å²) in [5.74, 6) is 0.0941. The fraction of sp³-hybridized carbons (Fsp3) is 0.533. The minimum Gasteiger partial charge on any atom is -0.373 e. The first kappa shape index (κ1) is 14.5.